The van der Waals surface area contributed by atoms with Crippen molar-refractivity contribution in [2.75, 3.05) is 17.6 Å². The van der Waals surface area contributed by atoms with E-state index in [1.807, 2.05) is 0 Å². The summed E-state index contributed by atoms with van der Waals surface area (Å²) in [5.41, 5.74) is 0.00307. The van der Waals surface area contributed by atoms with Gasteiger partial charge in [0.05, 0.1) is 11.4 Å². The number of ether oxygens (including phenoxy) is 1. The van der Waals surface area contributed by atoms with Crippen LogP contribution in [0.2, 0.25) is 0 Å². The molecule has 2 aliphatic rings. The van der Waals surface area contributed by atoms with Gasteiger partial charge in [-0.25, -0.2) is 19.0 Å². The maximum absolute atomic E-state index is 14.9. The van der Waals surface area contributed by atoms with E-state index in [-0.39, 0.29) is 35.2 Å². The van der Waals surface area contributed by atoms with Crippen LogP contribution in [0.4, 0.5) is 28.0 Å². The number of benzene rings is 2. The van der Waals surface area contributed by atoms with Gasteiger partial charge in [-0.2, -0.15) is 13.2 Å². The number of nitrogens with zero attached hydrogens (tertiary/aromatic N) is 1. The second-order valence-electron chi connectivity index (χ2n) is 13.3. The second-order valence-corrected chi connectivity index (χ2v) is 14.2. The Morgan fingerprint density at radius 2 is 1.78 bits per heavy atom. The average molecular weight is 724 g/mol. The third kappa shape index (κ3) is 11.7. The van der Waals surface area contributed by atoms with E-state index in [1.54, 1.807) is 57.2 Å². The fourth-order valence-electron chi connectivity index (χ4n) is 5.47. The minimum atomic E-state index is -4.57. The maximum atomic E-state index is 14.9. The SMILES string of the molecule is CC(C)(C)OC(=O)NC(CSNC[C@@H](CC1CC1)[C@@H](CCC(F)(F)F)C(=O)N[C@H]1N=C(c2ccccc2)c2cccc(F)c2NC1=O)C(=O)O. The lowest BCUT2D eigenvalue weighted by atomic mass is 9.83. The molecule has 4 rings (SSSR count). The van der Waals surface area contributed by atoms with Gasteiger partial charge < -0.3 is 25.8 Å². The normalized spacial score (nSPS) is 18.0. The lowest BCUT2D eigenvalue weighted by molar-refractivity contribution is -0.143. The lowest BCUT2D eigenvalue weighted by Crippen LogP contribution is -2.47. The largest absolute Gasteiger partial charge is 0.480 e. The number of anilines is 1. The zero-order valence-electron chi connectivity index (χ0n) is 27.8. The monoisotopic (exact) mass is 723 g/mol. The molecule has 272 valence electrons. The van der Waals surface area contributed by atoms with Crippen LogP contribution < -0.4 is 20.7 Å². The number of carboxylic acids is 1. The molecule has 1 aliphatic carbocycles. The van der Waals surface area contributed by atoms with E-state index in [9.17, 15) is 41.8 Å². The Morgan fingerprint density at radius 1 is 1.08 bits per heavy atom. The van der Waals surface area contributed by atoms with Crippen LogP contribution >= 0.6 is 11.9 Å². The summed E-state index contributed by atoms with van der Waals surface area (Å²) < 4.78 is 63.6. The molecule has 0 radical (unpaired) electrons. The summed E-state index contributed by atoms with van der Waals surface area (Å²) in [5, 5.41) is 16.9. The van der Waals surface area contributed by atoms with Crippen molar-refractivity contribution in [3.05, 3.63) is 65.5 Å². The number of halogens is 4. The molecule has 0 bridgehead atoms. The molecular weight excluding hydrogens is 682 g/mol. The minimum Gasteiger partial charge on any atom is -0.480 e. The van der Waals surface area contributed by atoms with Crippen molar-refractivity contribution in [2.24, 2.45) is 22.7 Å². The number of aliphatic imine (C=N–C) groups is 1. The number of para-hydroxylation sites is 1. The van der Waals surface area contributed by atoms with Crippen molar-refractivity contribution in [1.82, 2.24) is 15.4 Å². The zero-order chi connectivity index (χ0) is 36.6. The first-order valence-corrected chi connectivity index (χ1v) is 17.2. The topological polar surface area (TPSA) is 158 Å². The number of rotatable bonds is 15. The summed E-state index contributed by atoms with van der Waals surface area (Å²) in [7, 11) is 0. The molecule has 1 unspecified atom stereocenters. The van der Waals surface area contributed by atoms with Gasteiger partial charge in [0.1, 0.15) is 17.5 Å². The third-order valence-electron chi connectivity index (χ3n) is 8.01. The number of fused-ring (bicyclic) bond motifs is 1. The number of carbonyl (C=O) groups excluding carboxylic acids is 3. The van der Waals surface area contributed by atoms with Crippen molar-refractivity contribution in [1.29, 1.82) is 0 Å². The smallest absolute Gasteiger partial charge is 0.408 e. The number of carboxylic acid groups (broad SMARTS) is 1. The van der Waals surface area contributed by atoms with Crippen molar-refractivity contribution >= 4 is 47.2 Å². The van der Waals surface area contributed by atoms with Gasteiger partial charge in [0.15, 0.2) is 0 Å². The van der Waals surface area contributed by atoms with Gasteiger partial charge >= 0.3 is 18.2 Å². The van der Waals surface area contributed by atoms with Crippen LogP contribution in [0.5, 0.6) is 0 Å². The minimum absolute atomic E-state index is 0.0297. The van der Waals surface area contributed by atoms with Crippen LogP contribution in [-0.2, 0) is 19.1 Å². The molecule has 2 aromatic rings. The van der Waals surface area contributed by atoms with E-state index < -0.39 is 78.4 Å². The summed E-state index contributed by atoms with van der Waals surface area (Å²) in [6.07, 6.45) is -6.81. The number of aliphatic carboxylic acids is 1. The average Bonchev–Trinajstić information content (AvgIpc) is 3.85. The van der Waals surface area contributed by atoms with Crippen LogP contribution in [0.25, 0.3) is 0 Å². The van der Waals surface area contributed by atoms with E-state index in [1.165, 1.54) is 6.07 Å². The van der Waals surface area contributed by atoms with E-state index in [2.05, 4.69) is 25.7 Å². The lowest BCUT2D eigenvalue weighted by Gasteiger charge is -2.28. The molecule has 1 aliphatic heterocycles. The number of alkyl carbamates (subject to hydrolysis) is 1. The van der Waals surface area contributed by atoms with Gasteiger partial charge in [-0.15, -0.1) is 0 Å². The van der Waals surface area contributed by atoms with Crippen molar-refractivity contribution in [3.63, 3.8) is 0 Å². The Hall–Kier alpha value is -4.18. The molecule has 1 saturated carbocycles. The Bertz CT molecular complexity index is 1570. The van der Waals surface area contributed by atoms with Gasteiger partial charge in [-0.1, -0.05) is 67.3 Å². The summed E-state index contributed by atoms with van der Waals surface area (Å²) in [4.78, 5) is 55.6. The Labute approximate surface area is 291 Å². The molecule has 16 heteroatoms. The first-order valence-electron chi connectivity index (χ1n) is 16.2. The fourth-order valence-corrected chi connectivity index (χ4v) is 6.31. The molecule has 2 aromatic carbocycles. The molecule has 11 nitrogen and oxygen atoms in total. The molecule has 0 saturated heterocycles. The van der Waals surface area contributed by atoms with Crippen LogP contribution in [0.3, 0.4) is 0 Å². The van der Waals surface area contributed by atoms with E-state index in [0.29, 0.717) is 12.0 Å². The van der Waals surface area contributed by atoms with Gasteiger partial charge in [0, 0.05) is 35.8 Å². The maximum Gasteiger partial charge on any atom is 0.408 e. The van der Waals surface area contributed by atoms with E-state index >= 15 is 0 Å². The Balaban J connectivity index is 1.53. The van der Waals surface area contributed by atoms with Crippen LogP contribution in [0, 0.1) is 23.6 Å². The highest BCUT2D eigenvalue weighted by Crippen LogP contribution is 2.39. The standard InChI is InChI=1S/C34H41F4N5O6S/c1-33(2,3)49-32(48)40-25(31(46)47)18-50-39-17-21(16-19-12-13-19)22(14-15-34(36,37)38)29(44)43-28-30(45)42-27-23(10-7-11-24(27)35)26(41-28)20-8-5-4-6-9-20/h4-11,19,21-22,25,28,39H,12-18H2,1-3H3,(H,40,48)(H,42,45)(H,43,44)(H,46,47)/t21-,22-,25?,28-/m1/s1. The molecule has 3 amide bonds. The predicted octanol–water partition coefficient (Wildman–Crippen LogP) is 5.65. The van der Waals surface area contributed by atoms with Crippen molar-refractivity contribution in [3.8, 4) is 0 Å². The highest BCUT2D eigenvalue weighted by molar-refractivity contribution is 7.97. The number of benzodiazepines with no additional fused rings is 1. The van der Waals surface area contributed by atoms with Gasteiger partial charge in [0.25, 0.3) is 5.91 Å². The van der Waals surface area contributed by atoms with Gasteiger partial charge in [-0.3, -0.25) is 14.3 Å². The predicted molar refractivity (Wildman–Crippen MR) is 180 cm³/mol. The molecule has 0 aromatic heterocycles. The van der Waals surface area contributed by atoms with Gasteiger partial charge in [-0.05, 0) is 51.5 Å². The van der Waals surface area contributed by atoms with Crippen LogP contribution in [0.15, 0.2) is 53.5 Å². The molecule has 5 N–H and O–H groups in total. The molecule has 4 atom stereocenters. The molecule has 0 spiro atoms. The van der Waals surface area contributed by atoms with Crippen molar-refractivity contribution in [2.45, 2.75) is 76.9 Å². The first kappa shape index (κ1) is 38.6. The zero-order valence-corrected chi connectivity index (χ0v) is 28.6. The van der Waals surface area contributed by atoms with E-state index in [4.69, 9.17) is 4.74 Å². The number of nitrogens with one attached hydrogen (secondary N) is 4. The summed E-state index contributed by atoms with van der Waals surface area (Å²) in [6.45, 7) is 4.90. The Kier molecular flexibility index (Phi) is 12.9. The summed E-state index contributed by atoms with van der Waals surface area (Å²) in [6, 6.07) is 11.4. The number of hydrogen-bond acceptors (Lipinski definition) is 8. The highest BCUT2D eigenvalue weighted by atomic mass is 32.2. The third-order valence-corrected chi connectivity index (χ3v) is 8.88. The molecule has 1 heterocycles. The highest BCUT2D eigenvalue weighted by Gasteiger charge is 2.39. The van der Waals surface area contributed by atoms with Crippen molar-refractivity contribution < 1.29 is 46.6 Å². The summed E-state index contributed by atoms with van der Waals surface area (Å²) in [5.74, 6) is -5.56. The summed E-state index contributed by atoms with van der Waals surface area (Å²) >= 11 is 0.933. The quantitative estimate of drug-likeness (QED) is 0.0897. The van der Waals surface area contributed by atoms with Crippen LogP contribution in [-0.4, -0.2) is 71.0 Å². The number of amides is 3. The number of carbonyl (C=O) groups is 4. The van der Waals surface area contributed by atoms with Gasteiger partial charge in [0.2, 0.25) is 12.1 Å². The first-order chi connectivity index (χ1) is 23.5. The molecular formula is C34H41F4N5O6S. The Morgan fingerprint density at radius 3 is 2.40 bits per heavy atom. The molecule has 1 fully saturated rings. The van der Waals surface area contributed by atoms with Crippen LogP contribution in [0.1, 0.15) is 64.0 Å². The molecule has 50 heavy (non-hydrogen) atoms. The van der Waals surface area contributed by atoms with E-state index in [0.717, 1.165) is 30.9 Å². The fraction of sp³-hybridized carbons (Fsp3) is 0.500. The number of alkyl halides is 3. The second kappa shape index (κ2) is 16.7. The number of hydrogen-bond donors (Lipinski definition) is 5.